The average Bonchev–Trinajstić information content (AvgIpc) is 3.13. The summed E-state index contributed by atoms with van der Waals surface area (Å²) in [5.74, 6) is 1.27. The van der Waals surface area contributed by atoms with E-state index in [9.17, 15) is 9.59 Å². The molecule has 8 heteroatoms. The number of amides is 2. The Balaban J connectivity index is 1.34. The van der Waals surface area contributed by atoms with Crippen molar-refractivity contribution in [3.8, 4) is 11.5 Å². The molecule has 0 aromatic heterocycles. The van der Waals surface area contributed by atoms with Gasteiger partial charge < -0.3 is 24.4 Å². The molecule has 0 saturated carbocycles. The van der Waals surface area contributed by atoms with E-state index in [0.717, 1.165) is 30.9 Å². The van der Waals surface area contributed by atoms with E-state index in [2.05, 4.69) is 10.2 Å². The fourth-order valence-corrected chi connectivity index (χ4v) is 3.07. The molecule has 2 heterocycles. The second kappa shape index (κ2) is 9.17. The van der Waals surface area contributed by atoms with E-state index in [0.29, 0.717) is 25.4 Å². The van der Waals surface area contributed by atoms with Crippen molar-refractivity contribution < 1.29 is 23.8 Å². The third kappa shape index (κ3) is 6.39. The Morgan fingerprint density at radius 1 is 1.14 bits per heavy atom. The van der Waals surface area contributed by atoms with Gasteiger partial charge in [-0.3, -0.25) is 9.69 Å². The van der Waals surface area contributed by atoms with Crippen molar-refractivity contribution in [2.45, 2.75) is 26.4 Å². The summed E-state index contributed by atoms with van der Waals surface area (Å²) in [6.45, 7) is 9.92. The van der Waals surface area contributed by atoms with Gasteiger partial charge in [0, 0.05) is 45.3 Å². The maximum Gasteiger partial charge on any atom is 0.410 e. The van der Waals surface area contributed by atoms with E-state index in [4.69, 9.17) is 14.2 Å². The zero-order valence-corrected chi connectivity index (χ0v) is 17.3. The third-order valence-electron chi connectivity index (χ3n) is 4.58. The van der Waals surface area contributed by atoms with Crippen molar-refractivity contribution in [3.05, 3.63) is 29.8 Å². The molecule has 158 valence electrons. The highest BCUT2D eigenvalue weighted by molar-refractivity contribution is 5.91. The number of hydrogen-bond donors (Lipinski definition) is 1. The molecule has 0 unspecified atom stereocenters. The second-order valence-electron chi connectivity index (χ2n) is 8.05. The van der Waals surface area contributed by atoms with Gasteiger partial charge in [0.2, 0.25) is 12.7 Å². The van der Waals surface area contributed by atoms with Gasteiger partial charge in [-0.05, 0) is 44.5 Å². The van der Waals surface area contributed by atoms with Crippen molar-refractivity contribution in [1.82, 2.24) is 15.1 Å². The molecule has 0 atom stereocenters. The van der Waals surface area contributed by atoms with E-state index in [1.165, 1.54) is 6.08 Å². The molecular weight excluding hydrogens is 374 g/mol. The first-order chi connectivity index (χ1) is 13.8. The fourth-order valence-electron chi connectivity index (χ4n) is 3.07. The highest BCUT2D eigenvalue weighted by Gasteiger charge is 2.25. The molecule has 2 amide bonds. The SMILES string of the molecule is CC(C)(C)OC(=O)N1CCN(CCNC(=O)/C=C/c2ccc3c(c2)OCO3)CC1. The van der Waals surface area contributed by atoms with E-state index in [1.54, 1.807) is 11.0 Å². The second-order valence-corrected chi connectivity index (χ2v) is 8.05. The van der Waals surface area contributed by atoms with Crippen LogP contribution in [0.25, 0.3) is 6.08 Å². The Hall–Kier alpha value is -2.74. The van der Waals surface area contributed by atoms with Crippen LogP contribution in [0.1, 0.15) is 26.3 Å². The summed E-state index contributed by atoms with van der Waals surface area (Å²) in [6.07, 6.45) is 2.99. The van der Waals surface area contributed by atoms with E-state index < -0.39 is 5.60 Å². The highest BCUT2D eigenvalue weighted by atomic mass is 16.7. The maximum absolute atomic E-state index is 12.1. The highest BCUT2D eigenvalue weighted by Crippen LogP contribution is 2.32. The Labute approximate surface area is 171 Å². The summed E-state index contributed by atoms with van der Waals surface area (Å²) in [5, 5.41) is 2.89. The van der Waals surface area contributed by atoms with Crippen LogP contribution in [0.2, 0.25) is 0 Å². The van der Waals surface area contributed by atoms with Crippen LogP contribution in [0.15, 0.2) is 24.3 Å². The Morgan fingerprint density at radius 3 is 2.59 bits per heavy atom. The lowest BCUT2D eigenvalue weighted by Crippen LogP contribution is -2.51. The summed E-state index contributed by atoms with van der Waals surface area (Å²) < 4.78 is 16.0. The molecule has 2 aliphatic heterocycles. The first-order valence-corrected chi connectivity index (χ1v) is 9.86. The van der Waals surface area contributed by atoms with Gasteiger partial charge in [-0.1, -0.05) is 6.07 Å². The Kier molecular flexibility index (Phi) is 6.64. The zero-order chi connectivity index (χ0) is 20.9. The molecule has 0 bridgehead atoms. The monoisotopic (exact) mass is 403 g/mol. The fraction of sp³-hybridized carbons (Fsp3) is 0.524. The maximum atomic E-state index is 12.1. The number of hydrogen-bond acceptors (Lipinski definition) is 6. The summed E-state index contributed by atoms with van der Waals surface area (Å²) in [7, 11) is 0. The predicted molar refractivity (Wildman–Crippen MR) is 109 cm³/mol. The number of fused-ring (bicyclic) bond motifs is 1. The lowest BCUT2D eigenvalue weighted by molar-refractivity contribution is -0.116. The molecule has 8 nitrogen and oxygen atoms in total. The smallest absolute Gasteiger partial charge is 0.410 e. The number of carbonyl (C=O) groups is 2. The number of ether oxygens (including phenoxy) is 3. The van der Waals surface area contributed by atoms with Crippen LogP contribution in [0.3, 0.4) is 0 Å². The normalized spacial score (nSPS) is 16.9. The van der Waals surface area contributed by atoms with Crippen molar-refractivity contribution >= 4 is 18.1 Å². The third-order valence-corrected chi connectivity index (χ3v) is 4.58. The molecule has 29 heavy (non-hydrogen) atoms. The minimum absolute atomic E-state index is 0.143. The topological polar surface area (TPSA) is 80.3 Å². The first-order valence-electron chi connectivity index (χ1n) is 9.86. The van der Waals surface area contributed by atoms with Crippen LogP contribution >= 0.6 is 0 Å². The minimum atomic E-state index is -0.480. The van der Waals surface area contributed by atoms with Gasteiger partial charge in [0.15, 0.2) is 11.5 Å². The van der Waals surface area contributed by atoms with Crippen molar-refractivity contribution in [2.24, 2.45) is 0 Å². The Morgan fingerprint density at radius 2 is 1.86 bits per heavy atom. The van der Waals surface area contributed by atoms with Crippen molar-refractivity contribution in [1.29, 1.82) is 0 Å². The Bertz CT molecular complexity index is 764. The summed E-state index contributed by atoms with van der Waals surface area (Å²) in [5.41, 5.74) is 0.398. The van der Waals surface area contributed by atoms with Crippen molar-refractivity contribution in [3.63, 3.8) is 0 Å². The lowest BCUT2D eigenvalue weighted by atomic mass is 10.2. The molecular formula is C21H29N3O5. The van der Waals surface area contributed by atoms with E-state index in [1.807, 2.05) is 39.0 Å². The molecule has 0 aliphatic carbocycles. The van der Waals surface area contributed by atoms with E-state index in [-0.39, 0.29) is 18.8 Å². The standard InChI is InChI=1S/C21H29N3O5/c1-21(2,3)29-20(26)24-12-10-23(11-13-24)9-8-22-19(25)7-5-16-4-6-17-18(14-16)28-15-27-17/h4-7,14H,8-13,15H2,1-3H3,(H,22,25)/b7-5+. The quantitative estimate of drug-likeness (QED) is 0.759. The number of benzene rings is 1. The van der Waals surface area contributed by atoms with Gasteiger partial charge in [-0.25, -0.2) is 4.79 Å². The van der Waals surface area contributed by atoms with Crippen LogP contribution in [0.4, 0.5) is 4.79 Å². The molecule has 1 aromatic rings. The van der Waals surface area contributed by atoms with Crippen LogP contribution < -0.4 is 14.8 Å². The molecule has 1 N–H and O–H groups in total. The van der Waals surface area contributed by atoms with Gasteiger partial charge in [-0.15, -0.1) is 0 Å². The molecule has 0 spiro atoms. The van der Waals surface area contributed by atoms with Gasteiger partial charge >= 0.3 is 6.09 Å². The molecule has 1 fully saturated rings. The van der Waals surface area contributed by atoms with Crippen LogP contribution in [-0.4, -0.2) is 73.5 Å². The summed E-state index contributed by atoms with van der Waals surface area (Å²) in [6, 6.07) is 5.55. The lowest BCUT2D eigenvalue weighted by Gasteiger charge is -2.35. The van der Waals surface area contributed by atoms with Gasteiger partial charge in [0.1, 0.15) is 5.60 Å². The van der Waals surface area contributed by atoms with Crippen molar-refractivity contribution in [2.75, 3.05) is 46.1 Å². The number of nitrogens with zero attached hydrogens (tertiary/aromatic N) is 2. The molecule has 3 rings (SSSR count). The van der Waals surface area contributed by atoms with Crippen LogP contribution in [0, 0.1) is 0 Å². The van der Waals surface area contributed by atoms with Gasteiger partial charge in [-0.2, -0.15) is 0 Å². The zero-order valence-electron chi connectivity index (χ0n) is 17.3. The largest absolute Gasteiger partial charge is 0.454 e. The predicted octanol–water partition coefficient (Wildman–Crippen LogP) is 2.10. The minimum Gasteiger partial charge on any atom is -0.454 e. The average molecular weight is 403 g/mol. The number of carbonyl (C=O) groups excluding carboxylic acids is 2. The molecule has 1 aromatic carbocycles. The number of piperazine rings is 1. The number of nitrogens with one attached hydrogen (secondary N) is 1. The molecule has 1 saturated heterocycles. The summed E-state index contributed by atoms with van der Waals surface area (Å²) in [4.78, 5) is 28.1. The van der Waals surface area contributed by atoms with Gasteiger partial charge in [0.05, 0.1) is 0 Å². The van der Waals surface area contributed by atoms with Gasteiger partial charge in [0.25, 0.3) is 0 Å². The van der Waals surface area contributed by atoms with Crippen LogP contribution in [-0.2, 0) is 9.53 Å². The molecule has 2 aliphatic rings. The van der Waals surface area contributed by atoms with E-state index >= 15 is 0 Å². The van der Waals surface area contributed by atoms with Crippen LogP contribution in [0.5, 0.6) is 11.5 Å². The molecule has 0 radical (unpaired) electrons. The summed E-state index contributed by atoms with van der Waals surface area (Å²) >= 11 is 0. The number of rotatable bonds is 5. The first kappa shape index (κ1) is 21.0.